The first-order valence-electron chi connectivity index (χ1n) is 21.2. The summed E-state index contributed by atoms with van der Waals surface area (Å²) in [6, 6.07) is 41.8. The molecule has 0 nitrogen and oxygen atoms in total. The van der Waals surface area contributed by atoms with Gasteiger partial charge in [0.1, 0.15) is 0 Å². The van der Waals surface area contributed by atoms with Crippen molar-refractivity contribution in [1.29, 1.82) is 0 Å². The highest BCUT2D eigenvalue weighted by atomic mass is 32.1. The van der Waals surface area contributed by atoms with Gasteiger partial charge in [-0.15, -0.1) is 136 Å². The molecule has 0 amide bonds. The van der Waals surface area contributed by atoms with Crippen molar-refractivity contribution in [2.24, 2.45) is 0 Å². The quantitative estimate of drug-likeness (QED) is 0.121. The molecule has 0 aromatic carbocycles. The Labute approximate surface area is 433 Å². The maximum atomic E-state index is 2.40. The number of thiophene rings is 12. The van der Waals surface area contributed by atoms with Crippen molar-refractivity contribution < 1.29 is 0 Å². The molecule has 0 fully saturated rings. The molecule has 326 valence electrons. The summed E-state index contributed by atoms with van der Waals surface area (Å²) < 4.78 is 0. The Kier molecular flexibility index (Phi) is 11.7. The minimum absolute atomic E-state index is 1.34. The van der Waals surface area contributed by atoms with Crippen LogP contribution in [0, 0.1) is 41.5 Å². The van der Waals surface area contributed by atoms with Gasteiger partial charge in [-0.1, -0.05) is 0 Å². The molecule has 0 aliphatic rings. The second kappa shape index (κ2) is 17.7. The SMILES string of the molecule is Cc1ccsc1-c1ccc(-c2ccc(-c3sc(-c4cc(C)c(-c5ccc(-c6ccc(-c7sc(-c8cc(C)c(-c9ccc(-c%10ccc(-c%11sccc%11C)s%10)s9)s8)cc7C)s6)s5)s4)cc3C)s2)s1. The summed E-state index contributed by atoms with van der Waals surface area (Å²) in [6.07, 6.45) is 0. The van der Waals surface area contributed by atoms with Gasteiger partial charge >= 0.3 is 0 Å². The van der Waals surface area contributed by atoms with Crippen molar-refractivity contribution in [3.05, 3.63) is 153 Å². The van der Waals surface area contributed by atoms with E-state index in [0.29, 0.717) is 0 Å². The van der Waals surface area contributed by atoms with Crippen LogP contribution in [-0.2, 0) is 0 Å². The van der Waals surface area contributed by atoms with Gasteiger partial charge < -0.3 is 0 Å². The van der Waals surface area contributed by atoms with Gasteiger partial charge in [-0.2, -0.15) is 0 Å². The number of hydrogen-bond acceptors (Lipinski definition) is 12. The molecule has 66 heavy (non-hydrogen) atoms. The van der Waals surface area contributed by atoms with Gasteiger partial charge in [0.25, 0.3) is 0 Å². The molecule has 0 unspecified atom stereocenters. The fraction of sp³-hybridized carbons (Fsp3) is 0.111. The van der Waals surface area contributed by atoms with Crippen LogP contribution in [0.25, 0.3) is 107 Å². The summed E-state index contributed by atoms with van der Waals surface area (Å²) >= 11 is 22.9. The minimum Gasteiger partial charge on any atom is -0.143 e. The van der Waals surface area contributed by atoms with Crippen molar-refractivity contribution in [1.82, 2.24) is 0 Å². The number of hydrogen-bond donors (Lipinski definition) is 0. The fourth-order valence-corrected chi connectivity index (χ4v) is 22.3. The monoisotopic (exact) mass is 1070 g/mol. The molecule has 12 aromatic heterocycles. The first kappa shape index (κ1) is 43.7. The van der Waals surface area contributed by atoms with E-state index in [4.69, 9.17) is 0 Å². The summed E-state index contributed by atoms with van der Waals surface area (Å²) in [6.45, 7) is 13.5. The Morgan fingerprint density at radius 3 is 0.621 bits per heavy atom. The Hall–Kier alpha value is -3.60. The van der Waals surface area contributed by atoms with Gasteiger partial charge in [-0.3, -0.25) is 0 Å². The Balaban J connectivity index is 0.744. The fourth-order valence-electron chi connectivity index (χ4n) is 8.20. The topological polar surface area (TPSA) is 0 Å². The predicted molar refractivity (Wildman–Crippen MR) is 309 cm³/mol. The average Bonchev–Trinajstić information content (AvgIpc) is 4.13. The van der Waals surface area contributed by atoms with Crippen molar-refractivity contribution in [2.75, 3.05) is 0 Å². The third-order valence-electron chi connectivity index (χ3n) is 11.6. The average molecular weight is 1070 g/mol. The first-order chi connectivity index (χ1) is 32.1. The third-order valence-corrected chi connectivity index (χ3v) is 27.1. The molecule has 0 N–H and O–H groups in total. The molecule has 12 heteroatoms. The second-order valence-electron chi connectivity index (χ2n) is 16.3. The lowest BCUT2D eigenvalue weighted by Gasteiger charge is -1.95. The molecular weight excluding hydrogens is 1030 g/mol. The Morgan fingerprint density at radius 2 is 0.409 bits per heavy atom. The summed E-state index contributed by atoms with van der Waals surface area (Å²) in [7, 11) is 0. The number of aryl methyl sites for hydroxylation is 6. The molecule has 0 bridgehead atoms. The molecule has 12 aromatic rings. The lowest BCUT2D eigenvalue weighted by molar-refractivity contribution is 1.54. The first-order valence-corrected chi connectivity index (χ1v) is 31.2. The molecule has 0 aliphatic carbocycles. The standard InChI is InChI=1S/C54H38S12/c1-27-19-21-55-49(27)39-13-7-33(57-39)35-9-15-41(59-35)51-29(3)23-45(63-51)47-25-31(5)53(65-47)43-17-11-37(61-43)38-12-18-44(62-38)54-32(6)26-48(66-54)46-24-30(4)52(64-46)42-16-10-36(60-42)34-8-14-40(58-34)50-28(2)20-22-56-50/h7-26H,1-6H3. The van der Waals surface area contributed by atoms with E-state index in [9.17, 15) is 0 Å². The largest absolute Gasteiger partial charge is 0.143 e. The number of rotatable bonds is 11. The van der Waals surface area contributed by atoms with Gasteiger partial charge in [-0.25, -0.2) is 0 Å². The van der Waals surface area contributed by atoms with E-state index in [1.165, 1.54) is 141 Å². The van der Waals surface area contributed by atoms with E-state index in [1.807, 2.05) is 136 Å². The Morgan fingerprint density at radius 1 is 0.197 bits per heavy atom. The molecule has 12 heterocycles. The molecule has 0 saturated carbocycles. The van der Waals surface area contributed by atoms with E-state index >= 15 is 0 Å². The van der Waals surface area contributed by atoms with Crippen LogP contribution in [0.2, 0.25) is 0 Å². The van der Waals surface area contributed by atoms with Gasteiger partial charge in [0.05, 0.1) is 0 Å². The normalized spacial score (nSPS) is 11.8. The Bertz CT molecular complexity index is 3450. The minimum atomic E-state index is 1.34. The van der Waals surface area contributed by atoms with Crippen molar-refractivity contribution >= 4 is 136 Å². The van der Waals surface area contributed by atoms with Crippen LogP contribution in [0.15, 0.2) is 120 Å². The van der Waals surface area contributed by atoms with Crippen LogP contribution in [0.4, 0.5) is 0 Å². The van der Waals surface area contributed by atoms with Crippen molar-refractivity contribution in [3.8, 4) is 107 Å². The highest BCUT2D eigenvalue weighted by Gasteiger charge is 2.21. The lowest BCUT2D eigenvalue weighted by Crippen LogP contribution is -1.67. The molecule has 0 spiro atoms. The van der Waals surface area contributed by atoms with Gasteiger partial charge in [0.2, 0.25) is 0 Å². The molecular formula is C54H38S12. The summed E-state index contributed by atoms with van der Waals surface area (Å²) in [5.74, 6) is 0. The van der Waals surface area contributed by atoms with Crippen LogP contribution in [-0.4, -0.2) is 0 Å². The van der Waals surface area contributed by atoms with Crippen LogP contribution in [0.5, 0.6) is 0 Å². The maximum Gasteiger partial charge on any atom is 0.0478 e. The van der Waals surface area contributed by atoms with Crippen LogP contribution in [0.1, 0.15) is 33.4 Å². The molecule has 12 rings (SSSR count). The lowest BCUT2D eigenvalue weighted by atomic mass is 10.2. The van der Waals surface area contributed by atoms with E-state index in [-0.39, 0.29) is 0 Å². The molecule has 0 radical (unpaired) electrons. The third kappa shape index (κ3) is 8.08. The smallest absolute Gasteiger partial charge is 0.0478 e. The predicted octanol–water partition coefficient (Wildman–Crippen LogP) is 22.6. The van der Waals surface area contributed by atoms with Gasteiger partial charge in [0, 0.05) is 107 Å². The van der Waals surface area contributed by atoms with Crippen LogP contribution < -0.4 is 0 Å². The van der Waals surface area contributed by atoms with E-state index in [2.05, 4.69) is 161 Å². The molecule has 0 atom stereocenters. The molecule has 0 aliphatic heterocycles. The zero-order chi connectivity index (χ0) is 44.8. The molecule has 0 saturated heterocycles. The van der Waals surface area contributed by atoms with Gasteiger partial charge in [0.15, 0.2) is 0 Å². The zero-order valence-corrected chi connectivity index (χ0v) is 46.2. The van der Waals surface area contributed by atoms with Crippen molar-refractivity contribution in [2.45, 2.75) is 41.5 Å². The van der Waals surface area contributed by atoms with Crippen LogP contribution in [0.3, 0.4) is 0 Å². The van der Waals surface area contributed by atoms with Crippen LogP contribution >= 0.6 is 136 Å². The van der Waals surface area contributed by atoms with E-state index in [1.54, 1.807) is 0 Å². The van der Waals surface area contributed by atoms with E-state index < -0.39 is 0 Å². The van der Waals surface area contributed by atoms with E-state index in [0.717, 1.165) is 0 Å². The summed E-state index contributed by atoms with van der Waals surface area (Å²) in [5, 5.41) is 4.39. The van der Waals surface area contributed by atoms with Gasteiger partial charge in [-0.05, 0) is 195 Å². The highest BCUT2D eigenvalue weighted by Crippen LogP contribution is 2.52. The second-order valence-corrected chi connectivity index (χ2v) is 28.9. The summed E-state index contributed by atoms with van der Waals surface area (Å²) in [4.78, 5) is 30.0. The zero-order valence-electron chi connectivity index (χ0n) is 36.4. The maximum absolute atomic E-state index is 2.40. The van der Waals surface area contributed by atoms with Crippen molar-refractivity contribution in [3.63, 3.8) is 0 Å². The highest BCUT2D eigenvalue weighted by molar-refractivity contribution is 7.33. The summed E-state index contributed by atoms with van der Waals surface area (Å²) in [5.41, 5.74) is 8.14.